The maximum atomic E-state index is 11.9. The van der Waals surface area contributed by atoms with Crippen molar-refractivity contribution in [2.75, 3.05) is 26.2 Å². The molecule has 0 N–H and O–H groups in total. The number of carbonyl (C=O) groups is 1. The van der Waals surface area contributed by atoms with Crippen LogP contribution in [-0.4, -0.2) is 36.9 Å². The minimum Gasteiger partial charge on any atom is -0.494 e. The van der Waals surface area contributed by atoms with E-state index in [0.29, 0.717) is 6.42 Å². The Morgan fingerprint density at radius 2 is 1.95 bits per heavy atom. The summed E-state index contributed by atoms with van der Waals surface area (Å²) < 4.78 is 5.80. The molecule has 3 rings (SSSR count). The number of nitrogens with zero attached hydrogens (tertiary/aromatic N) is 1. The normalized spacial score (nSPS) is 19.1. The molecule has 0 saturated carbocycles. The van der Waals surface area contributed by atoms with Gasteiger partial charge in [0, 0.05) is 18.5 Å². The highest BCUT2D eigenvalue weighted by Gasteiger charge is 2.17. The molecule has 108 valence electrons. The zero-order valence-corrected chi connectivity index (χ0v) is 12.1. The maximum absolute atomic E-state index is 11.9. The largest absolute Gasteiger partial charge is 0.494 e. The number of hydrogen-bond donors (Lipinski definition) is 0. The van der Waals surface area contributed by atoms with Crippen molar-refractivity contribution in [3.05, 3.63) is 29.3 Å². The van der Waals surface area contributed by atoms with Crippen molar-refractivity contribution in [2.24, 2.45) is 0 Å². The SMILES string of the molecule is O=C1CCCc2ccc(OCCCN3CCCC3)cc21. The Labute approximate surface area is 120 Å². The van der Waals surface area contributed by atoms with Gasteiger partial charge < -0.3 is 9.64 Å². The molecule has 2 aliphatic rings. The number of Topliss-reactive ketones (excluding diaryl/α,β-unsaturated/α-hetero) is 1. The molecule has 1 saturated heterocycles. The number of carbonyl (C=O) groups excluding carboxylic acids is 1. The number of fused-ring (bicyclic) bond motifs is 1. The number of ketones is 1. The van der Waals surface area contributed by atoms with Gasteiger partial charge in [-0.2, -0.15) is 0 Å². The summed E-state index contributed by atoms with van der Waals surface area (Å²) in [7, 11) is 0. The van der Waals surface area contributed by atoms with E-state index in [4.69, 9.17) is 4.74 Å². The summed E-state index contributed by atoms with van der Waals surface area (Å²) in [4.78, 5) is 14.4. The minimum absolute atomic E-state index is 0.272. The second-order valence-corrected chi connectivity index (χ2v) is 5.85. The lowest BCUT2D eigenvalue weighted by molar-refractivity contribution is 0.0972. The highest BCUT2D eigenvalue weighted by atomic mass is 16.5. The first-order valence-corrected chi connectivity index (χ1v) is 7.84. The smallest absolute Gasteiger partial charge is 0.163 e. The average molecular weight is 273 g/mol. The summed E-state index contributed by atoms with van der Waals surface area (Å²) >= 11 is 0. The number of hydrogen-bond acceptors (Lipinski definition) is 3. The molecule has 20 heavy (non-hydrogen) atoms. The Morgan fingerprint density at radius 3 is 2.80 bits per heavy atom. The van der Waals surface area contributed by atoms with Crippen molar-refractivity contribution in [1.82, 2.24) is 4.90 Å². The lowest BCUT2D eigenvalue weighted by Crippen LogP contribution is -2.22. The summed E-state index contributed by atoms with van der Waals surface area (Å²) in [5, 5.41) is 0. The Bertz CT molecular complexity index is 478. The quantitative estimate of drug-likeness (QED) is 0.772. The van der Waals surface area contributed by atoms with Crippen molar-refractivity contribution < 1.29 is 9.53 Å². The van der Waals surface area contributed by atoms with Crippen LogP contribution in [0.3, 0.4) is 0 Å². The van der Waals surface area contributed by atoms with Gasteiger partial charge in [-0.15, -0.1) is 0 Å². The molecule has 0 amide bonds. The predicted octanol–water partition coefficient (Wildman–Crippen LogP) is 3.07. The van der Waals surface area contributed by atoms with Crippen LogP contribution in [0.25, 0.3) is 0 Å². The van der Waals surface area contributed by atoms with E-state index in [1.54, 1.807) is 0 Å². The molecule has 0 unspecified atom stereocenters. The van der Waals surface area contributed by atoms with Gasteiger partial charge in [0.25, 0.3) is 0 Å². The van der Waals surface area contributed by atoms with E-state index in [9.17, 15) is 4.79 Å². The van der Waals surface area contributed by atoms with E-state index >= 15 is 0 Å². The molecular weight excluding hydrogens is 250 g/mol. The fraction of sp³-hybridized carbons (Fsp3) is 0.588. The van der Waals surface area contributed by atoms with Crippen molar-refractivity contribution in [2.45, 2.75) is 38.5 Å². The van der Waals surface area contributed by atoms with E-state index in [1.165, 1.54) is 31.5 Å². The fourth-order valence-electron chi connectivity index (χ4n) is 3.18. The standard InChI is InChI=1S/C17H23NO2/c19-17-6-3-5-14-7-8-15(13-16(14)17)20-12-4-11-18-9-1-2-10-18/h7-8,13H,1-6,9-12H2. The van der Waals surface area contributed by atoms with Crippen LogP contribution in [0.4, 0.5) is 0 Å². The average Bonchev–Trinajstić information content (AvgIpc) is 2.98. The van der Waals surface area contributed by atoms with E-state index in [0.717, 1.165) is 43.7 Å². The third-order valence-corrected chi connectivity index (χ3v) is 4.32. The van der Waals surface area contributed by atoms with Crippen molar-refractivity contribution in [1.29, 1.82) is 0 Å². The molecule has 3 heteroatoms. The zero-order valence-electron chi connectivity index (χ0n) is 12.1. The Balaban J connectivity index is 1.50. The second-order valence-electron chi connectivity index (χ2n) is 5.85. The van der Waals surface area contributed by atoms with Gasteiger partial charge >= 0.3 is 0 Å². The van der Waals surface area contributed by atoms with Crippen molar-refractivity contribution >= 4 is 5.78 Å². The molecule has 1 fully saturated rings. The summed E-state index contributed by atoms with van der Waals surface area (Å²) in [6, 6.07) is 6.00. The number of benzene rings is 1. The molecule has 1 aromatic rings. The second kappa shape index (κ2) is 6.40. The van der Waals surface area contributed by atoms with Crippen LogP contribution in [-0.2, 0) is 6.42 Å². The fourth-order valence-corrected chi connectivity index (χ4v) is 3.18. The molecule has 3 nitrogen and oxygen atoms in total. The van der Waals surface area contributed by atoms with Gasteiger partial charge in [-0.1, -0.05) is 6.07 Å². The first kappa shape index (κ1) is 13.6. The zero-order chi connectivity index (χ0) is 13.8. The van der Waals surface area contributed by atoms with Gasteiger partial charge in [0.05, 0.1) is 6.61 Å². The third kappa shape index (κ3) is 3.21. The summed E-state index contributed by atoms with van der Waals surface area (Å²) in [6.07, 6.45) is 6.44. The van der Waals surface area contributed by atoms with Gasteiger partial charge in [0.2, 0.25) is 0 Å². The molecule has 1 aliphatic carbocycles. The van der Waals surface area contributed by atoms with Crippen LogP contribution >= 0.6 is 0 Å². The van der Waals surface area contributed by atoms with Crippen LogP contribution in [0.15, 0.2) is 18.2 Å². The lowest BCUT2D eigenvalue weighted by Gasteiger charge is -2.17. The Hall–Kier alpha value is -1.35. The third-order valence-electron chi connectivity index (χ3n) is 4.32. The van der Waals surface area contributed by atoms with E-state index in [1.807, 2.05) is 12.1 Å². The van der Waals surface area contributed by atoms with E-state index in [2.05, 4.69) is 11.0 Å². The van der Waals surface area contributed by atoms with E-state index in [-0.39, 0.29) is 5.78 Å². The summed E-state index contributed by atoms with van der Waals surface area (Å²) in [5.74, 6) is 1.12. The molecule has 1 aromatic carbocycles. The summed E-state index contributed by atoms with van der Waals surface area (Å²) in [5.41, 5.74) is 2.07. The minimum atomic E-state index is 0.272. The predicted molar refractivity (Wildman–Crippen MR) is 79.5 cm³/mol. The molecule has 0 bridgehead atoms. The number of rotatable bonds is 5. The maximum Gasteiger partial charge on any atom is 0.163 e. The Kier molecular flexibility index (Phi) is 4.36. The summed E-state index contributed by atoms with van der Waals surface area (Å²) in [6.45, 7) is 4.36. The Morgan fingerprint density at radius 1 is 1.10 bits per heavy atom. The monoisotopic (exact) mass is 273 g/mol. The molecular formula is C17H23NO2. The lowest BCUT2D eigenvalue weighted by atomic mass is 9.90. The first-order chi connectivity index (χ1) is 9.83. The van der Waals surface area contributed by atoms with Gasteiger partial charge in [-0.25, -0.2) is 0 Å². The van der Waals surface area contributed by atoms with Crippen LogP contribution in [0.5, 0.6) is 5.75 Å². The van der Waals surface area contributed by atoms with Gasteiger partial charge in [-0.3, -0.25) is 4.79 Å². The van der Waals surface area contributed by atoms with Crippen molar-refractivity contribution in [3.8, 4) is 5.75 Å². The highest BCUT2D eigenvalue weighted by molar-refractivity contribution is 5.98. The molecule has 0 spiro atoms. The van der Waals surface area contributed by atoms with Gasteiger partial charge in [0.15, 0.2) is 5.78 Å². The van der Waals surface area contributed by atoms with Crippen LogP contribution in [0.1, 0.15) is 48.0 Å². The van der Waals surface area contributed by atoms with Crippen LogP contribution in [0, 0.1) is 0 Å². The molecule has 0 radical (unpaired) electrons. The topological polar surface area (TPSA) is 29.5 Å². The molecule has 0 atom stereocenters. The number of likely N-dealkylation sites (tertiary alicyclic amines) is 1. The van der Waals surface area contributed by atoms with Crippen LogP contribution in [0.2, 0.25) is 0 Å². The van der Waals surface area contributed by atoms with Gasteiger partial charge in [0.1, 0.15) is 5.75 Å². The van der Waals surface area contributed by atoms with Gasteiger partial charge in [-0.05, 0) is 62.9 Å². The van der Waals surface area contributed by atoms with Crippen LogP contribution < -0.4 is 4.74 Å². The highest BCUT2D eigenvalue weighted by Crippen LogP contribution is 2.25. The first-order valence-electron chi connectivity index (χ1n) is 7.84. The molecule has 1 aliphatic heterocycles. The van der Waals surface area contributed by atoms with Crippen molar-refractivity contribution in [3.63, 3.8) is 0 Å². The van der Waals surface area contributed by atoms with E-state index < -0.39 is 0 Å². The number of aryl methyl sites for hydroxylation is 1. The molecule has 0 aromatic heterocycles. The molecule has 1 heterocycles. The number of ether oxygens (including phenoxy) is 1.